The van der Waals surface area contributed by atoms with Gasteiger partial charge in [-0.1, -0.05) is 6.07 Å². The SMILES string of the molecule is CN(CCc1ccccn1)S(=O)(=O)c1ccc(N)c(F)c1. The van der Waals surface area contributed by atoms with Crippen molar-refractivity contribution < 1.29 is 12.8 Å². The molecule has 0 radical (unpaired) electrons. The zero-order chi connectivity index (χ0) is 15.5. The van der Waals surface area contributed by atoms with E-state index in [0.29, 0.717) is 6.42 Å². The van der Waals surface area contributed by atoms with Gasteiger partial charge >= 0.3 is 0 Å². The monoisotopic (exact) mass is 309 g/mol. The second-order valence-electron chi connectivity index (χ2n) is 4.58. The Labute approximate surface area is 123 Å². The van der Waals surface area contributed by atoms with E-state index in [1.807, 2.05) is 12.1 Å². The summed E-state index contributed by atoms with van der Waals surface area (Å²) in [7, 11) is -2.29. The highest BCUT2D eigenvalue weighted by Crippen LogP contribution is 2.19. The minimum atomic E-state index is -3.74. The molecule has 0 fully saturated rings. The summed E-state index contributed by atoms with van der Waals surface area (Å²) in [5.74, 6) is -0.741. The molecule has 0 spiro atoms. The van der Waals surface area contributed by atoms with Crippen molar-refractivity contribution in [3.8, 4) is 0 Å². The van der Waals surface area contributed by atoms with Crippen molar-refractivity contribution >= 4 is 15.7 Å². The van der Waals surface area contributed by atoms with E-state index in [4.69, 9.17) is 5.73 Å². The molecule has 1 heterocycles. The van der Waals surface area contributed by atoms with Crippen LogP contribution in [0.4, 0.5) is 10.1 Å². The number of nitrogen functional groups attached to an aromatic ring is 1. The molecule has 0 saturated carbocycles. The molecule has 2 N–H and O–H groups in total. The molecule has 7 heteroatoms. The molecule has 2 aromatic rings. The zero-order valence-corrected chi connectivity index (χ0v) is 12.3. The van der Waals surface area contributed by atoms with E-state index in [1.165, 1.54) is 23.5 Å². The molecule has 0 bridgehead atoms. The standard InChI is InChI=1S/C14H16FN3O2S/c1-18(9-7-11-4-2-3-8-17-11)21(19,20)12-5-6-14(16)13(15)10-12/h2-6,8,10H,7,9,16H2,1H3. The van der Waals surface area contributed by atoms with Gasteiger partial charge in [0.1, 0.15) is 5.82 Å². The van der Waals surface area contributed by atoms with Crippen LogP contribution in [0, 0.1) is 5.82 Å². The molecule has 0 aliphatic rings. The van der Waals surface area contributed by atoms with Crippen LogP contribution in [0.2, 0.25) is 0 Å². The minimum absolute atomic E-state index is 0.0786. The molecule has 1 aromatic carbocycles. The van der Waals surface area contributed by atoms with Crippen molar-refractivity contribution in [1.29, 1.82) is 0 Å². The first kappa shape index (κ1) is 15.4. The highest BCUT2D eigenvalue weighted by atomic mass is 32.2. The van der Waals surface area contributed by atoms with Crippen LogP contribution in [0.3, 0.4) is 0 Å². The molecule has 0 aliphatic heterocycles. The van der Waals surface area contributed by atoms with E-state index in [2.05, 4.69) is 4.98 Å². The quantitative estimate of drug-likeness (QED) is 0.852. The van der Waals surface area contributed by atoms with Gasteiger partial charge in [-0.2, -0.15) is 0 Å². The number of sulfonamides is 1. The Morgan fingerprint density at radius 1 is 1.29 bits per heavy atom. The fourth-order valence-electron chi connectivity index (χ4n) is 1.79. The lowest BCUT2D eigenvalue weighted by atomic mass is 10.3. The number of aromatic nitrogens is 1. The molecule has 0 unspecified atom stereocenters. The maximum Gasteiger partial charge on any atom is 0.242 e. The summed E-state index contributed by atoms with van der Waals surface area (Å²) in [6, 6.07) is 8.93. The molecule has 5 nitrogen and oxygen atoms in total. The third-order valence-electron chi connectivity index (χ3n) is 3.09. The van der Waals surface area contributed by atoms with E-state index in [9.17, 15) is 12.8 Å². The smallest absolute Gasteiger partial charge is 0.242 e. The van der Waals surface area contributed by atoms with Crippen LogP contribution in [-0.2, 0) is 16.4 Å². The summed E-state index contributed by atoms with van der Waals surface area (Å²) in [5.41, 5.74) is 6.07. The number of benzene rings is 1. The number of nitrogens with zero attached hydrogens (tertiary/aromatic N) is 2. The van der Waals surface area contributed by atoms with E-state index < -0.39 is 15.8 Å². The van der Waals surface area contributed by atoms with Gasteiger partial charge in [-0.25, -0.2) is 17.1 Å². The van der Waals surface area contributed by atoms with Crippen molar-refractivity contribution in [3.63, 3.8) is 0 Å². The summed E-state index contributed by atoms with van der Waals surface area (Å²) in [4.78, 5) is 4.02. The molecule has 0 saturated heterocycles. The van der Waals surface area contributed by atoms with E-state index in [1.54, 1.807) is 12.3 Å². The Bertz CT molecular complexity index is 720. The molecule has 2 rings (SSSR count). The maximum atomic E-state index is 13.4. The Hall–Kier alpha value is -1.99. The molecule has 21 heavy (non-hydrogen) atoms. The van der Waals surface area contributed by atoms with E-state index in [-0.39, 0.29) is 17.1 Å². The number of halogens is 1. The lowest BCUT2D eigenvalue weighted by Gasteiger charge is -2.17. The third-order valence-corrected chi connectivity index (χ3v) is 4.94. The number of hydrogen-bond acceptors (Lipinski definition) is 4. The Kier molecular flexibility index (Phi) is 4.54. The normalized spacial score (nSPS) is 11.8. The van der Waals surface area contributed by atoms with Gasteiger partial charge in [-0.3, -0.25) is 4.98 Å². The Balaban J connectivity index is 2.13. The highest BCUT2D eigenvalue weighted by Gasteiger charge is 2.21. The lowest BCUT2D eigenvalue weighted by molar-refractivity contribution is 0.470. The largest absolute Gasteiger partial charge is 0.396 e. The van der Waals surface area contributed by atoms with Gasteiger partial charge in [0.2, 0.25) is 10.0 Å². The second-order valence-corrected chi connectivity index (χ2v) is 6.63. The van der Waals surface area contributed by atoms with E-state index in [0.717, 1.165) is 11.8 Å². The number of pyridine rings is 1. The fourth-order valence-corrected chi connectivity index (χ4v) is 2.97. The van der Waals surface area contributed by atoms with Crippen LogP contribution in [0.25, 0.3) is 0 Å². The van der Waals surface area contributed by atoms with Gasteiger partial charge in [-0.05, 0) is 30.3 Å². The van der Waals surface area contributed by atoms with Gasteiger partial charge in [0.25, 0.3) is 0 Å². The van der Waals surface area contributed by atoms with Gasteiger partial charge in [0, 0.05) is 31.9 Å². The fraction of sp³-hybridized carbons (Fsp3) is 0.214. The van der Waals surface area contributed by atoms with Crippen molar-refractivity contribution in [2.75, 3.05) is 19.3 Å². The molecular weight excluding hydrogens is 293 g/mol. The molecule has 0 aliphatic carbocycles. The van der Waals surface area contributed by atoms with Crippen molar-refractivity contribution in [2.45, 2.75) is 11.3 Å². The number of likely N-dealkylation sites (N-methyl/N-ethyl adjacent to an activating group) is 1. The van der Waals surface area contributed by atoms with E-state index >= 15 is 0 Å². The Morgan fingerprint density at radius 3 is 2.67 bits per heavy atom. The van der Waals surface area contributed by atoms with Gasteiger partial charge in [0.15, 0.2) is 0 Å². The summed E-state index contributed by atoms with van der Waals surface area (Å²) < 4.78 is 39.2. The second kappa shape index (κ2) is 6.19. The Morgan fingerprint density at radius 2 is 2.05 bits per heavy atom. The topological polar surface area (TPSA) is 76.3 Å². The first-order chi connectivity index (χ1) is 9.91. The first-order valence-electron chi connectivity index (χ1n) is 6.32. The van der Waals surface area contributed by atoms with Gasteiger partial charge in [-0.15, -0.1) is 0 Å². The summed E-state index contributed by atoms with van der Waals surface area (Å²) in [6.45, 7) is 0.255. The number of anilines is 1. The van der Waals surface area contributed by atoms with Gasteiger partial charge in [0.05, 0.1) is 10.6 Å². The highest BCUT2D eigenvalue weighted by molar-refractivity contribution is 7.89. The predicted molar refractivity (Wildman–Crippen MR) is 78.6 cm³/mol. The summed E-state index contributed by atoms with van der Waals surface area (Å²) in [6.07, 6.45) is 2.13. The summed E-state index contributed by atoms with van der Waals surface area (Å²) in [5, 5.41) is 0. The zero-order valence-electron chi connectivity index (χ0n) is 11.5. The van der Waals surface area contributed by atoms with Crippen LogP contribution < -0.4 is 5.73 Å². The lowest BCUT2D eigenvalue weighted by Crippen LogP contribution is -2.29. The van der Waals surface area contributed by atoms with Crippen molar-refractivity contribution in [3.05, 3.63) is 54.1 Å². The van der Waals surface area contributed by atoms with Crippen molar-refractivity contribution in [2.24, 2.45) is 0 Å². The number of rotatable bonds is 5. The van der Waals surface area contributed by atoms with Crippen LogP contribution in [0.5, 0.6) is 0 Å². The third kappa shape index (κ3) is 3.56. The van der Waals surface area contributed by atoms with Crippen LogP contribution in [-0.4, -0.2) is 31.3 Å². The average Bonchev–Trinajstić information content (AvgIpc) is 2.48. The molecular formula is C14H16FN3O2S. The first-order valence-corrected chi connectivity index (χ1v) is 7.76. The van der Waals surface area contributed by atoms with Crippen LogP contribution in [0.15, 0.2) is 47.5 Å². The molecule has 0 atom stereocenters. The number of nitrogens with two attached hydrogens (primary N) is 1. The maximum absolute atomic E-state index is 13.4. The predicted octanol–water partition coefficient (Wildman–Crippen LogP) is 1.67. The molecule has 1 aromatic heterocycles. The summed E-state index contributed by atoms with van der Waals surface area (Å²) >= 11 is 0. The van der Waals surface area contributed by atoms with Gasteiger partial charge < -0.3 is 5.73 Å². The molecule has 0 amide bonds. The van der Waals surface area contributed by atoms with Crippen LogP contribution in [0.1, 0.15) is 5.69 Å². The number of hydrogen-bond donors (Lipinski definition) is 1. The minimum Gasteiger partial charge on any atom is -0.396 e. The van der Waals surface area contributed by atoms with Crippen LogP contribution >= 0.6 is 0 Å². The molecule has 112 valence electrons. The average molecular weight is 309 g/mol. The van der Waals surface area contributed by atoms with Crippen molar-refractivity contribution in [1.82, 2.24) is 9.29 Å².